The maximum absolute atomic E-state index is 13.4. The van der Waals surface area contributed by atoms with Crippen LogP contribution in [0, 0.1) is 5.92 Å². The second-order valence-corrected chi connectivity index (χ2v) is 12.5. The van der Waals surface area contributed by atoms with Crippen molar-refractivity contribution in [3.63, 3.8) is 0 Å². The summed E-state index contributed by atoms with van der Waals surface area (Å²) >= 11 is 1.87. The van der Waals surface area contributed by atoms with E-state index in [1.165, 1.54) is 27.8 Å². The Labute approximate surface area is 245 Å². The quantitative estimate of drug-likeness (QED) is 0.232. The fourth-order valence-electron chi connectivity index (χ4n) is 6.19. The lowest BCUT2D eigenvalue weighted by molar-refractivity contribution is 0.0746. The molecule has 1 fully saturated rings. The SMILES string of the molecule is CC1CCc2c(sc3nc(Cc4ccccc4)nc(N4CCN(C(=O)c5ccc(-c6ccccc6)cc5)CC4)c23)C1. The number of nitrogens with zero attached hydrogens (tertiary/aromatic N) is 4. The summed E-state index contributed by atoms with van der Waals surface area (Å²) in [6.07, 6.45) is 4.17. The molecule has 1 aliphatic carbocycles. The molecule has 41 heavy (non-hydrogen) atoms. The van der Waals surface area contributed by atoms with Gasteiger partial charge in [0, 0.05) is 43.0 Å². The van der Waals surface area contributed by atoms with Gasteiger partial charge in [-0.05, 0) is 59.6 Å². The third kappa shape index (κ3) is 5.24. The summed E-state index contributed by atoms with van der Waals surface area (Å²) in [6, 6.07) is 28.8. The second-order valence-electron chi connectivity index (χ2n) is 11.4. The topological polar surface area (TPSA) is 49.3 Å². The van der Waals surface area contributed by atoms with E-state index < -0.39 is 0 Å². The summed E-state index contributed by atoms with van der Waals surface area (Å²) in [4.78, 5) is 30.7. The van der Waals surface area contributed by atoms with E-state index >= 15 is 0 Å². The monoisotopic (exact) mass is 558 g/mol. The number of carbonyl (C=O) groups is 1. The smallest absolute Gasteiger partial charge is 0.253 e. The van der Waals surface area contributed by atoms with Gasteiger partial charge < -0.3 is 9.80 Å². The first-order valence-corrected chi connectivity index (χ1v) is 15.5. The zero-order valence-corrected chi connectivity index (χ0v) is 24.2. The minimum absolute atomic E-state index is 0.101. The molecular weight excluding hydrogens is 524 g/mol. The van der Waals surface area contributed by atoms with E-state index in [1.807, 2.05) is 64.8 Å². The molecule has 0 radical (unpaired) electrons. The Morgan fingerprint density at radius 2 is 1.54 bits per heavy atom. The van der Waals surface area contributed by atoms with Gasteiger partial charge in [0.05, 0.1) is 5.39 Å². The predicted molar refractivity (Wildman–Crippen MR) is 168 cm³/mol. The van der Waals surface area contributed by atoms with Gasteiger partial charge >= 0.3 is 0 Å². The highest BCUT2D eigenvalue weighted by Crippen LogP contribution is 2.41. The van der Waals surface area contributed by atoms with Crippen molar-refractivity contribution in [1.82, 2.24) is 14.9 Å². The largest absolute Gasteiger partial charge is 0.352 e. The van der Waals surface area contributed by atoms with Crippen molar-refractivity contribution >= 4 is 33.3 Å². The number of carbonyl (C=O) groups excluding carboxylic acids is 1. The average molecular weight is 559 g/mol. The van der Waals surface area contributed by atoms with Gasteiger partial charge in [0.15, 0.2) is 0 Å². The third-order valence-electron chi connectivity index (χ3n) is 8.49. The molecule has 1 saturated heterocycles. The van der Waals surface area contributed by atoms with Crippen LogP contribution in [-0.2, 0) is 19.3 Å². The van der Waals surface area contributed by atoms with Crippen LogP contribution in [0.5, 0.6) is 0 Å². The van der Waals surface area contributed by atoms with Crippen LogP contribution < -0.4 is 4.90 Å². The molecule has 6 heteroatoms. The summed E-state index contributed by atoms with van der Waals surface area (Å²) in [5.41, 5.74) is 5.71. The Morgan fingerprint density at radius 1 is 0.854 bits per heavy atom. The van der Waals surface area contributed by atoms with Crippen molar-refractivity contribution in [2.24, 2.45) is 5.92 Å². The molecule has 1 aliphatic heterocycles. The number of hydrogen-bond acceptors (Lipinski definition) is 5. The predicted octanol–water partition coefficient (Wildman–Crippen LogP) is 7.04. The van der Waals surface area contributed by atoms with Crippen LogP contribution >= 0.6 is 11.3 Å². The first-order chi connectivity index (χ1) is 20.1. The number of amides is 1. The number of hydrogen-bond donors (Lipinski definition) is 0. The molecule has 206 valence electrons. The lowest BCUT2D eigenvalue weighted by atomic mass is 9.89. The van der Waals surface area contributed by atoms with Gasteiger partial charge in [-0.2, -0.15) is 0 Å². The minimum Gasteiger partial charge on any atom is -0.352 e. The van der Waals surface area contributed by atoms with Crippen LogP contribution in [-0.4, -0.2) is 47.0 Å². The molecule has 2 aromatic heterocycles. The van der Waals surface area contributed by atoms with E-state index in [0.29, 0.717) is 19.0 Å². The van der Waals surface area contributed by atoms with Crippen LogP contribution in [0.2, 0.25) is 0 Å². The number of benzene rings is 3. The van der Waals surface area contributed by atoms with Crippen LogP contribution in [0.15, 0.2) is 84.9 Å². The molecule has 5 nitrogen and oxygen atoms in total. The number of aromatic nitrogens is 2. The number of aryl methyl sites for hydroxylation is 1. The highest BCUT2D eigenvalue weighted by Gasteiger charge is 2.29. The molecule has 3 heterocycles. The molecule has 2 aliphatic rings. The van der Waals surface area contributed by atoms with Crippen molar-refractivity contribution in [3.05, 3.63) is 112 Å². The van der Waals surface area contributed by atoms with E-state index in [4.69, 9.17) is 9.97 Å². The van der Waals surface area contributed by atoms with E-state index in [0.717, 1.165) is 65.5 Å². The van der Waals surface area contributed by atoms with E-state index in [1.54, 1.807) is 0 Å². The number of piperazine rings is 1. The maximum atomic E-state index is 13.4. The Morgan fingerprint density at radius 3 is 2.27 bits per heavy atom. The van der Waals surface area contributed by atoms with Crippen molar-refractivity contribution in [1.29, 1.82) is 0 Å². The molecule has 1 atom stereocenters. The van der Waals surface area contributed by atoms with Gasteiger partial charge in [-0.15, -0.1) is 11.3 Å². The summed E-state index contributed by atoms with van der Waals surface area (Å²) in [5.74, 6) is 2.76. The molecule has 1 unspecified atom stereocenters. The zero-order chi connectivity index (χ0) is 27.8. The van der Waals surface area contributed by atoms with Gasteiger partial charge in [0.25, 0.3) is 5.91 Å². The molecule has 0 saturated carbocycles. The van der Waals surface area contributed by atoms with Gasteiger partial charge in [0.1, 0.15) is 16.5 Å². The standard InChI is InChI=1S/C35H34N4OS/c1-24-12-17-29-30(22-24)41-34-32(29)33(36-31(37-34)23-25-8-4-2-5-9-25)38-18-20-39(21-19-38)35(40)28-15-13-27(14-16-28)26-10-6-3-7-11-26/h2-11,13-16,24H,12,17-23H2,1H3. The number of fused-ring (bicyclic) bond motifs is 3. The normalized spacial score (nSPS) is 17.0. The Bertz CT molecular complexity index is 1670. The molecule has 0 bridgehead atoms. The van der Waals surface area contributed by atoms with Crippen molar-refractivity contribution in [3.8, 4) is 11.1 Å². The molecule has 7 rings (SSSR count). The van der Waals surface area contributed by atoms with E-state index in [-0.39, 0.29) is 5.91 Å². The third-order valence-corrected chi connectivity index (χ3v) is 9.64. The average Bonchev–Trinajstić information content (AvgIpc) is 3.39. The van der Waals surface area contributed by atoms with Gasteiger partial charge in [-0.1, -0.05) is 79.7 Å². The maximum Gasteiger partial charge on any atom is 0.253 e. The Kier molecular flexibility index (Phi) is 7.01. The van der Waals surface area contributed by atoms with Crippen molar-refractivity contribution in [2.75, 3.05) is 31.1 Å². The lowest BCUT2D eigenvalue weighted by Gasteiger charge is -2.36. The first-order valence-electron chi connectivity index (χ1n) is 14.7. The number of anilines is 1. The molecule has 0 N–H and O–H groups in total. The fraction of sp³-hybridized carbons (Fsp3) is 0.286. The van der Waals surface area contributed by atoms with Gasteiger partial charge in [0.2, 0.25) is 0 Å². The van der Waals surface area contributed by atoms with Crippen LogP contribution in [0.3, 0.4) is 0 Å². The molecule has 0 spiro atoms. The minimum atomic E-state index is 0.101. The lowest BCUT2D eigenvalue weighted by Crippen LogP contribution is -2.49. The Hall–Kier alpha value is -4.03. The van der Waals surface area contributed by atoms with Crippen molar-refractivity contribution in [2.45, 2.75) is 32.6 Å². The highest BCUT2D eigenvalue weighted by atomic mass is 32.1. The van der Waals surface area contributed by atoms with Crippen LogP contribution in [0.4, 0.5) is 5.82 Å². The molecule has 5 aromatic rings. The van der Waals surface area contributed by atoms with E-state index in [9.17, 15) is 4.79 Å². The molecule has 1 amide bonds. The second kappa shape index (κ2) is 11.1. The summed E-state index contributed by atoms with van der Waals surface area (Å²) < 4.78 is 0. The van der Waals surface area contributed by atoms with E-state index in [2.05, 4.69) is 48.2 Å². The number of thiophene rings is 1. The van der Waals surface area contributed by atoms with Crippen molar-refractivity contribution < 1.29 is 4.79 Å². The Balaban J connectivity index is 1.13. The summed E-state index contributed by atoms with van der Waals surface area (Å²) in [6.45, 7) is 5.26. The highest BCUT2D eigenvalue weighted by molar-refractivity contribution is 7.19. The first kappa shape index (κ1) is 25.9. The van der Waals surface area contributed by atoms with Crippen LogP contribution in [0.25, 0.3) is 21.3 Å². The summed E-state index contributed by atoms with van der Waals surface area (Å²) in [5, 5.41) is 1.25. The molecular formula is C35H34N4OS. The summed E-state index contributed by atoms with van der Waals surface area (Å²) in [7, 11) is 0. The number of rotatable bonds is 5. The molecule has 3 aromatic carbocycles. The van der Waals surface area contributed by atoms with Crippen LogP contribution in [0.1, 0.15) is 45.5 Å². The van der Waals surface area contributed by atoms with Gasteiger partial charge in [-0.25, -0.2) is 9.97 Å². The van der Waals surface area contributed by atoms with Gasteiger partial charge in [-0.3, -0.25) is 4.79 Å². The fourth-order valence-corrected chi connectivity index (χ4v) is 7.59. The zero-order valence-electron chi connectivity index (χ0n) is 23.4.